The van der Waals surface area contributed by atoms with E-state index in [0.29, 0.717) is 37.7 Å². The third-order valence-electron chi connectivity index (χ3n) is 3.09. The number of piperazine rings is 1. The molecule has 0 aliphatic carbocycles. The van der Waals surface area contributed by atoms with Gasteiger partial charge in [-0.3, -0.25) is 14.6 Å². The number of amides is 2. The van der Waals surface area contributed by atoms with Crippen molar-refractivity contribution in [1.29, 1.82) is 0 Å². The highest BCUT2D eigenvalue weighted by molar-refractivity contribution is 6.35. The van der Waals surface area contributed by atoms with Crippen molar-refractivity contribution in [1.82, 2.24) is 19.8 Å². The predicted octanol–water partition coefficient (Wildman–Crippen LogP) is -0.291. The fourth-order valence-corrected chi connectivity index (χ4v) is 1.93. The first-order valence-electron chi connectivity index (χ1n) is 6.22. The smallest absolute Gasteiger partial charge is 0.312 e. The summed E-state index contributed by atoms with van der Waals surface area (Å²) in [5, 5.41) is 2.87. The Morgan fingerprint density at radius 1 is 1.16 bits per heavy atom. The van der Waals surface area contributed by atoms with Crippen LogP contribution in [-0.4, -0.2) is 58.3 Å². The molecule has 0 spiro atoms. The topological polar surface area (TPSA) is 78.4 Å². The lowest BCUT2D eigenvalue weighted by molar-refractivity contribution is -0.156. The van der Waals surface area contributed by atoms with Gasteiger partial charge in [0.25, 0.3) is 0 Å². The molecule has 0 aromatic carbocycles. The SMILES string of the molecule is CCN1CCN(Cc2cnc(NC)cn2)C(=O)C1=O. The average Bonchev–Trinajstić information content (AvgIpc) is 2.45. The second kappa shape index (κ2) is 5.64. The van der Waals surface area contributed by atoms with Gasteiger partial charge < -0.3 is 15.1 Å². The zero-order valence-electron chi connectivity index (χ0n) is 11.1. The Kier molecular flexibility index (Phi) is 3.94. The maximum atomic E-state index is 11.9. The number of nitrogens with zero attached hydrogens (tertiary/aromatic N) is 4. The molecule has 1 aliphatic heterocycles. The highest BCUT2D eigenvalue weighted by atomic mass is 16.2. The standard InChI is InChI=1S/C12H17N5O2/c1-3-16-4-5-17(12(19)11(16)18)8-9-6-15-10(13-2)7-14-9/h6-7H,3-5,8H2,1-2H3,(H,13,15). The number of carbonyl (C=O) groups is 2. The molecule has 0 saturated carbocycles. The maximum absolute atomic E-state index is 11.9. The van der Waals surface area contributed by atoms with Crippen LogP contribution in [0.15, 0.2) is 12.4 Å². The summed E-state index contributed by atoms with van der Waals surface area (Å²) in [7, 11) is 1.76. The minimum absolute atomic E-state index is 0.319. The summed E-state index contributed by atoms with van der Waals surface area (Å²) in [5.41, 5.74) is 0.671. The molecular formula is C12H17N5O2. The maximum Gasteiger partial charge on any atom is 0.312 e. The van der Waals surface area contributed by atoms with Crippen molar-refractivity contribution in [3.8, 4) is 0 Å². The van der Waals surface area contributed by atoms with E-state index in [-0.39, 0.29) is 0 Å². The second-order valence-corrected chi connectivity index (χ2v) is 4.25. The third kappa shape index (κ3) is 2.81. The minimum Gasteiger partial charge on any atom is -0.372 e. The molecule has 0 unspecified atom stereocenters. The van der Waals surface area contributed by atoms with Gasteiger partial charge in [0, 0.05) is 26.7 Å². The number of hydrogen-bond acceptors (Lipinski definition) is 5. The van der Waals surface area contributed by atoms with E-state index < -0.39 is 11.8 Å². The van der Waals surface area contributed by atoms with Crippen molar-refractivity contribution in [2.75, 3.05) is 32.0 Å². The molecule has 0 atom stereocenters. The molecule has 2 rings (SSSR count). The zero-order chi connectivity index (χ0) is 13.8. The zero-order valence-corrected chi connectivity index (χ0v) is 11.1. The van der Waals surface area contributed by atoms with Gasteiger partial charge in [-0.05, 0) is 6.92 Å². The van der Waals surface area contributed by atoms with Crippen LogP contribution in [0.25, 0.3) is 0 Å². The van der Waals surface area contributed by atoms with Crippen molar-refractivity contribution in [2.45, 2.75) is 13.5 Å². The molecule has 0 bridgehead atoms. The molecule has 19 heavy (non-hydrogen) atoms. The second-order valence-electron chi connectivity index (χ2n) is 4.25. The molecule has 1 aliphatic rings. The number of likely N-dealkylation sites (N-methyl/N-ethyl adjacent to an activating group) is 1. The number of anilines is 1. The number of carbonyl (C=O) groups excluding carboxylic acids is 2. The van der Waals surface area contributed by atoms with E-state index in [0.717, 1.165) is 0 Å². The molecule has 1 aromatic rings. The highest BCUT2D eigenvalue weighted by Crippen LogP contribution is 2.09. The first-order chi connectivity index (χ1) is 9.15. The van der Waals surface area contributed by atoms with Crippen LogP contribution in [0.4, 0.5) is 5.82 Å². The van der Waals surface area contributed by atoms with Crippen LogP contribution < -0.4 is 5.32 Å². The van der Waals surface area contributed by atoms with Crippen molar-refractivity contribution < 1.29 is 9.59 Å². The Bertz CT molecular complexity index is 474. The third-order valence-corrected chi connectivity index (χ3v) is 3.09. The number of aromatic nitrogens is 2. The summed E-state index contributed by atoms with van der Waals surface area (Å²) in [4.78, 5) is 35.0. The summed E-state index contributed by atoms with van der Waals surface area (Å²) in [6.45, 7) is 3.86. The molecular weight excluding hydrogens is 246 g/mol. The van der Waals surface area contributed by atoms with Crippen molar-refractivity contribution in [3.05, 3.63) is 18.1 Å². The van der Waals surface area contributed by atoms with E-state index in [2.05, 4.69) is 15.3 Å². The van der Waals surface area contributed by atoms with Gasteiger partial charge in [0.2, 0.25) is 0 Å². The van der Waals surface area contributed by atoms with Gasteiger partial charge in [-0.2, -0.15) is 0 Å². The van der Waals surface area contributed by atoms with Gasteiger partial charge in [0.15, 0.2) is 0 Å². The van der Waals surface area contributed by atoms with Gasteiger partial charge in [0.1, 0.15) is 5.82 Å². The monoisotopic (exact) mass is 263 g/mol. The highest BCUT2D eigenvalue weighted by Gasteiger charge is 2.31. The fraction of sp³-hybridized carbons (Fsp3) is 0.500. The molecule has 0 radical (unpaired) electrons. The van der Waals surface area contributed by atoms with E-state index in [1.807, 2.05) is 6.92 Å². The lowest BCUT2D eigenvalue weighted by Crippen LogP contribution is -2.53. The van der Waals surface area contributed by atoms with Crippen LogP contribution in [-0.2, 0) is 16.1 Å². The van der Waals surface area contributed by atoms with Gasteiger partial charge in [-0.25, -0.2) is 4.98 Å². The number of hydrogen-bond donors (Lipinski definition) is 1. The molecule has 1 saturated heterocycles. The Morgan fingerprint density at radius 3 is 2.42 bits per heavy atom. The molecule has 1 N–H and O–H groups in total. The van der Waals surface area contributed by atoms with Crippen LogP contribution in [0.3, 0.4) is 0 Å². The van der Waals surface area contributed by atoms with E-state index in [4.69, 9.17) is 0 Å². The van der Waals surface area contributed by atoms with Crippen LogP contribution in [0.1, 0.15) is 12.6 Å². The quantitative estimate of drug-likeness (QED) is 0.755. The molecule has 2 amide bonds. The van der Waals surface area contributed by atoms with Crippen LogP contribution >= 0.6 is 0 Å². The normalized spacial score (nSPS) is 15.9. The van der Waals surface area contributed by atoms with Gasteiger partial charge in [-0.15, -0.1) is 0 Å². The predicted molar refractivity (Wildman–Crippen MR) is 69.2 cm³/mol. The Balaban J connectivity index is 2.03. The van der Waals surface area contributed by atoms with E-state index >= 15 is 0 Å². The van der Waals surface area contributed by atoms with Gasteiger partial charge in [0.05, 0.1) is 24.6 Å². The van der Waals surface area contributed by atoms with Gasteiger partial charge in [-0.1, -0.05) is 0 Å². The van der Waals surface area contributed by atoms with Crippen molar-refractivity contribution in [3.63, 3.8) is 0 Å². The molecule has 7 nitrogen and oxygen atoms in total. The average molecular weight is 263 g/mol. The molecule has 7 heteroatoms. The van der Waals surface area contributed by atoms with Crippen LogP contribution in [0, 0.1) is 0 Å². The number of nitrogens with one attached hydrogen (secondary N) is 1. The molecule has 102 valence electrons. The van der Waals surface area contributed by atoms with Gasteiger partial charge >= 0.3 is 11.8 Å². The summed E-state index contributed by atoms with van der Waals surface area (Å²) >= 11 is 0. The Morgan fingerprint density at radius 2 is 1.84 bits per heavy atom. The number of rotatable bonds is 4. The summed E-state index contributed by atoms with van der Waals surface area (Å²) in [6, 6.07) is 0. The molecule has 1 fully saturated rings. The Labute approximate surface area is 111 Å². The van der Waals surface area contributed by atoms with Crippen molar-refractivity contribution >= 4 is 17.6 Å². The first-order valence-corrected chi connectivity index (χ1v) is 6.22. The summed E-state index contributed by atoms with van der Waals surface area (Å²) < 4.78 is 0. The van der Waals surface area contributed by atoms with E-state index in [9.17, 15) is 9.59 Å². The lowest BCUT2D eigenvalue weighted by atomic mass is 10.2. The molecule has 1 aromatic heterocycles. The summed E-state index contributed by atoms with van der Waals surface area (Å²) in [5.74, 6) is -0.233. The van der Waals surface area contributed by atoms with Crippen LogP contribution in [0.5, 0.6) is 0 Å². The largest absolute Gasteiger partial charge is 0.372 e. The minimum atomic E-state index is -0.465. The lowest BCUT2D eigenvalue weighted by Gasteiger charge is -2.32. The summed E-state index contributed by atoms with van der Waals surface area (Å²) in [6.07, 6.45) is 3.21. The Hall–Kier alpha value is -2.18. The van der Waals surface area contributed by atoms with E-state index in [1.54, 1.807) is 24.3 Å². The van der Waals surface area contributed by atoms with E-state index in [1.165, 1.54) is 4.90 Å². The first kappa shape index (κ1) is 13.3. The fourth-order valence-electron chi connectivity index (χ4n) is 1.93. The van der Waals surface area contributed by atoms with Crippen molar-refractivity contribution in [2.24, 2.45) is 0 Å². The molecule has 2 heterocycles. The van der Waals surface area contributed by atoms with Crippen LogP contribution in [0.2, 0.25) is 0 Å².